The maximum absolute atomic E-state index is 12.6. The molecule has 0 unspecified atom stereocenters. The molecule has 3 aromatic rings. The van der Waals surface area contributed by atoms with Gasteiger partial charge in [-0.3, -0.25) is 0 Å². The minimum absolute atomic E-state index is 0.116. The first-order valence-corrected chi connectivity index (χ1v) is 9.47. The fourth-order valence-corrected chi connectivity index (χ4v) is 3.75. The number of nitrogens with one attached hydrogen (secondary N) is 1. The first-order chi connectivity index (χ1) is 12.4. The Balaban J connectivity index is 1.82. The van der Waals surface area contributed by atoms with Gasteiger partial charge in [-0.05, 0) is 36.8 Å². The van der Waals surface area contributed by atoms with Crippen LogP contribution >= 0.6 is 0 Å². The van der Waals surface area contributed by atoms with E-state index in [1.165, 1.54) is 26.4 Å². The van der Waals surface area contributed by atoms with Crippen LogP contribution in [0.3, 0.4) is 0 Å². The van der Waals surface area contributed by atoms with Crippen molar-refractivity contribution in [3.05, 3.63) is 47.8 Å². The summed E-state index contributed by atoms with van der Waals surface area (Å²) in [4.78, 5) is 4.59. The van der Waals surface area contributed by atoms with Gasteiger partial charge < -0.3 is 14.0 Å². The van der Waals surface area contributed by atoms with E-state index in [-0.39, 0.29) is 11.4 Å². The van der Waals surface area contributed by atoms with Crippen LogP contribution in [0.4, 0.5) is 0 Å². The molecule has 8 heteroatoms. The lowest BCUT2D eigenvalue weighted by molar-refractivity contribution is 0.354. The van der Waals surface area contributed by atoms with Crippen LogP contribution in [0, 0.1) is 6.92 Å². The zero-order valence-corrected chi connectivity index (χ0v) is 15.9. The minimum atomic E-state index is -3.68. The Bertz CT molecular complexity index is 1060. The van der Waals surface area contributed by atoms with Gasteiger partial charge in [0.2, 0.25) is 10.0 Å². The maximum Gasteiger partial charge on any atom is 0.241 e. The number of hydrogen-bond acceptors (Lipinski definition) is 5. The fraction of sp³-hybridized carbons (Fsp3) is 0.278. The minimum Gasteiger partial charge on any atom is -0.493 e. The monoisotopic (exact) mass is 375 g/mol. The van der Waals surface area contributed by atoms with E-state index < -0.39 is 10.0 Å². The molecule has 0 aliphatic rings. The number of hydrogen-bond donors (Lipinski definition) is 1. The Kier molecular flexibility index (Phi) is 4.88. The van der Waals surface area contributed by atoms with Crippen LogP contribution in [0.1, 0.15) is 11.4 Å². The van der Waals surface area contributed by atoms with Crippen molar-refractivity contribution in [1.29, 1.82) is 0 Å². The van der Waals surface area contributed by atoms with Crippen molar-refractivity contribution < 1.29 is 17.9 Å². The molecule has 26 heavy (non-hydrogen) atoms. The van der Waals surface area contributed by atoms with Crippen LogP contribution in [0.2, 0.25) is 0 Å². The van der Waals surface area contributed by atoms with E-state index in [2.05, 4.69) is 9.71 Å². The van der Waals surface area contributed by atoms with E-state index in [9.17, 15) is 8.42 Å². The summed E-state index contributed by atoms with van der Waals surface area (Å²) in [6.45, 7) is 2.10. The van der Waals surface area contributed by atoms with Gasteiger partial charge in [0.15, 0.2) is 11.5 Å². The molecule has 0 aliphatic heterocycles. The third-order valence-corrected chi connectivity index (χ3v) is 5.70. The zero-order valence-electron chi connectivity index (χ0n) is 15.1. The largest absolute Gasteiger partial charge is 0.493 e. The third kappa shape index (κ3) is 3.38. The van der Waals surface area contributed by atoms with Crippen molar-refractivity contribution in [2.45, 2.75) is 18.4 Å². The van der Waals surface area contributed by atoms with Crippen molar-refractivity contribution in [3.8, 4) is 11.5 Å². The molecule has 1 heterocycles. The quantitative estimate of drug-likeness (QED) is 0.715. The predicted octanol–water partition coefficient (Wildman–Crippen LogP) is 2.38. The van der Waals surface area contributed by atoms with Gasteiger partial charge in [0.1, 0.15) is 5.82 Å². The lowest BCUT2D eigenvalue weighted by Gasteiger charge is -2.11. The molecule has 1 N–H and O–H groups in total. The van der Waals surface area contributed by atoms with Gasteiger partial charge in [-0.15, -0.1) is 0 Å². The summed E-state index contributed by atoms with van der Waals surface area (Å²) in [6, 6.07) is 10.2. The van der Waals surface area contributed by atoms with E-state index in [1.54, 1.807) is 6.07 Å². The topological polar surface area (TPSA) is 82.5 Å². The van der Waals surface area contributed by atoms with Gasteiger partial charge in [0.05, 0.1) is 30.1 Å². The number of ether oxygens (including phenoxy) is 2. The van der Waals surface area contributed by atoms with Crippen LogP contribution in [-0.2, 0) is 23.6 Å². The van der Waals surface area contributed by atoms with Crippen LogP contribution in [0.15, 0.2) is 41.3 Å². The average molecular weight is 375 g/mol. The molecular formula is C18H21N3O4S. The molecular weight excluding hydrogens is 354 g/mol. The highest BCUT2D eigenvalue weighted by molar-refractivity contribution is 7.89. The first kappa shape index (κ1) is 18.2. The lowest BCUT2D eigenvalue weighted by Crippen LogP contribution is -2.23. The molecule has 0 atom stereocenters. The van der Waals surface area contributed by atoms with E-state index in [4.69, 9.17) is 9.47 Å². The van der Waals surface area contributed by atoms with Gasteiger partial charge in [-0.2, -0.15) is 0 Å². The predicted molar refractivity (Wildman–Crippen MR) is 99.0 cm³/mol. The van der Waals surface area contributed by atoms with Crippen LogP contribution in [-0.4, -0.2) is 32.2 Å². The van der Waals surface area contributed by atoms with Crippen LogP contribution in [0.25, 0.3) is 11.0 Å². The third-order valence-electron chi connectivity index (χ3n) is 4.30. The molecule has 2 aromatic carbocycles. The standard InChI is InChI=1S/C18H21N3O4S/c1-12-20-15-9-13(5-7-16(15)21(12)2)11-19-26(22,23)14-6-8-17(24-3)18(10-14)25-4/h5-10,19H,11H2,1-4H3. The van der Waals surface area contributed by atoms with Crippen molar-refractivity contribution in [3.63, 3.8) is 0 Å². The summed E-state index contributed by atoms with van der Waals surface area (Å²) in [5.41, 5.74) is 2.68. The Hall–Kier alpha value is -2.58. The molecule has 138 valence electrons. The highest BCUT2D eigenvalue weighted by Gasteiger charge is 2.17. The van der Waals surface area contributed by atoms with Gasteiger partial charge in [0, 0.05) is 19.7 Å². The molecule has 0 spiro atoms. The van der Waals surface area contributed by atoms with Crippen molar-refractivity contribution in [2.24, 2.45) is 7.05 Å². The molecule has 0 bridgehead atoms. The van der Waals surface area contributed by atoms with Gasteiger partial charge in [0.25, 0.3) is 0 Å². The molecule has 0 radical (unpaired) electrons. The van der Waals surface area contributed by atoms with Crippen molar-refractivity contribution in [1.82, 2.24) is 14.3 Å². The van der Waals surface area contributed by atoms with Gasteiger partial charge in [-0.25, -0.2) is 18.1 Å². The molecule has 0 saturated carbocycles. The summed E-state index contributed by atoms with van der Waals surface area (Å²) < 4.78 is 40.0. The number of imidazole rings is 1. The Labute approximate surface area is 152 Å². The second-order valence-corrected chi connectivity index (χ2v) is 7.65. The number of fused-ring (bicyclic) bond motifs is 1. The molecule has 0 fully saturated rings. The maximum atomic E-state index is 12.6. The molecule has 0 saturated heterocycles. The number of benzene rings is 2. The fourth-order valence-electron chi connectivity index (χ4n) is 2.72. The molecule has 7 nitrogen and oxygen atoms in total. The highest BCUT2D eigenvalue weighted by Crippen LogP contribution is 2.29. The molecule has 1 aromatic heterocycles. The first-order valence-electron chi connectivity index (χ1n) is 7.99. The average Bonchev–Trinajstić information content (AvgIpc) is 2.93. The summed E-state index contributed by atoms with van der Waals surface area (Å²) in [5, 5.41) is 0. The Morgan fingerprint density at radius 1 is 1.08 bits per heavy atom. The molecule has 0 aliphatic carbocycles. The number of methoxy groups -OCH3 is 2. The second kappa shape index (κ2) is 6.97. The van der Waals surface area contributed by atoms with E-state index in [1.807, 2.05) is 36.7 Å². The summed E-state index contributed by atoms with van der Waals surface area (Å²) in [6.07, 6.45) is 0. The second-order valence-electron chi connectivity index (χ2n) is 5.88. The zero-order chi connectivity index (χ0) is 18.9. The molecule has 0 amide bonds. The van der Waals surface area contributed by atoms with Crippen molar-refractivity contribution in [2.75, 3.05) is 14.2 Å². The van der Waals surface area contributed by atoms with E-state index in [0.717, 1.165) is 22.4 Å². The summed E-state index contributed by atoms with van der Waals surface area (Å²) >= 11 is 0. The number of nitrogens with zero attached hydrogens (tertiary/aromatic N) is 2. The number of sulfonamides is 1. The number of aromatic nitrogens is 2. The Morgan fingerprint density at radius 3 is 2.50 bits per heavy atom. The SMILES string of the molecule is COc1ccc(S(=O)(=O)NCc2ccc3c(c2)nc(C)n3C)cc1OC. The summed E-state index contributed by atoms with van der Waals surface area (Å²) in [5.74, 6) is 1.74. The molecule has 3 rings (SSSR count). The van der Waals surface area contributed by atoms with Crippen molar-refractivity contribution >= 4 is 21.1 Å². The number of rotatable bonds is 6. The van der Waals surface area contributed by atoms with Crippen LogP contribution < -0.4 is 14.2 Å². The van der Waals surface area contributed by atoms with Crippen LogP contribution in [0.5, 0.6) is 11.5 Å². The van der Waals surface area contributed by atoms with Gasteiger partial charge in [-0.1, -0.05) is 6.07 Å². The van der Waals surface area contributed by atoms with E-state index >= 15 is 0 Å². The number of aryl methyl sites for hydroxylation is 2. The Morgan fingerprint density at radius 2 is 1.81 bits per heavy atom. The smallest absolute Gasteiger partial charge is 0.241 e. The normalized spacial score (nSPS) is 11.7. The highest BCUT2D eigenvalue weighted by atomic mass is 32.2. The van der Waals surface area contributed by atoms with Gasteiger partial charge >= 0.3 is 0 Å². The summed E-state index contributed by atoms with van der Waals surface area (Å²) in [7, 11) is 1.23. The lowest BCUT2D eigenvalue weighted by atomic mass is 10.2. The van der Waals surface area contributed by atoms with E-state index in [0.29, 0.717) is 11.5 Å².